The maximum Gasteiger partial charge on any atom is 0.255 e. The average molecular weight is 367 g/mol. The third-order valence-electron chi connectivity index (χ3n) is 3.19. The molecule has 0 atom stereocenters. The Bertz CT molecular complexity index is 659. The first-order chi connectivity index (χ1) is 9.77. The Morgan fingerprint density at radius 2 is 1.71 bits per heavy atom. The average Bonchev–Trinajstić information content (AvgIpc) is 2.41. The maximum atomic E-state index is 12.2. The van der Waals surface area contributed by atoms with Gasteiger partial charge in [0.1, 0.15) is 0 Å². The molecular weight excluding hydrogens is 350 g/mol. The SMILES string of the molecule is CC(C)(C)c1ccc(NC(=O)c2ccc(Cl)c(Br)c2)cc1. The van der Waals surface area contributed by atoms with Crippen molar-refractivity contribution in [3.05, 3.63) is 63.1 Å². The fourth-order valence-corrected chi connectivity index (χ4v) is 2.39. The van der Waals surface area contributed by atoms with Crippen LogP contribution in [0.4, 0.5) is 5.69 Å². The van der Waals surface area contributed by atoms with Crippen LogP contribution in [0.1, 0.15) is 36.7 Å². The van der Waals surface area contributed by atoms with E-state index >= 15 is 0 Å². The molecule has 2 aromatic carbocycles. The minimum Gasteiger partial charge on any atom is -0.322 e. The molecule has 0 aliphatic carbocycles. The zero-order valence-electron chi connectivity index (χ0n) is 12.2. The van der Waals surface area contributed by atoms with Gasteiger partial charge in [-0.1, -0.05) is 44.5 Å². The van der Waals surface area contributed by atoms with Crippen LogP contribution in [0.15, 0.2) is 46.9 Å². The Kier molecular flexibility index (Phi) is 4.74. The van der Waals surface area contributed by atoms with E-state index in [1.165, 1.54) is 5.56 Å². The molecule has 110 valence electrons. The standard InChI is InChI=1S/C17H17BrClNO/c1-17(2,3)12-5-7-13(8-6-12)20-16(21)11-4-9-15(19)14(18)10-11/h4-10H,1-3H3,(H,20,21). The number of amides is 1. The van der Waals surface area contributed by atoms with E-state index in [9.17, 15) is 4.79 Å². The normalized spacial score (nSPS) is 11.3. The van der Waals surface area contributed by atoms with Gasteiger partial charge in [0.05, 0.1) is 5.02 Å². The van der Waals surface area contributed by atoms with Crippen LogP contribution in [0.5, 0.6) is 0 Å². The molecule has 4 heteroatoms. The third-order valence-corrected chi connectivity index (χ3v) is 4.40. The van der Waals surface area contributed by atoms with E-state index in [4.69, 9.17) is 11.6 Å². The molecular formula is C17H17BrClNO. The third kappa shape index (κ3) is 4.08. The van der Waals surface area contributed by atoms with E-state index in [2.05, 4.69) is 42.0 Å². The minimum absolute atomic E-state index is 0.101. The zero-order valence-corrected chi connectivity index (χ0v) is 14.5. The summed E-state index contributed by atoms with van der Waals surface area (Å²) in [5, 5.41) is 3.47. The summed E-state index contributed by atoms with van der Waals surface area (Å²) in [5.74, 6) is -0.157. The molecule has 1 amide bonds. The summed E-state index contributed by atoms with van der Waals surface area (Å²) >= 11 is 9.25. The van der Waals surface area contributed by atoms with Gasteiger partial charge in [0.2, 0.25) is 0 Å². The number of hydrogen-bond acceptors (Lipinski definition) is 1. The molecule has 0 saturated carbocycles. The first-order valence-corrected chi connectivity index (χ1v) is 7.81. The van der Waals surface area contributed by atoms with Gasteiger partial charge in [-0.3, -0.25) is 4.79 Å². The van der Waals surface area contributed by atoms with Crippen molar-refractivity contribution < 1.29 is 4.79 Å². The molecule has 2 nitrogen and oxygen atoms in total. The van der Waals surface area contributed by atoms with E-state index in [0.29, 0.717) is 15.1 Å². The smallest absolute Gasteiger partial charge is 0.255 e. The predicted octanol–water partition coefficient (Wildman–Crippen LogP) is 5.65. The monoisotopic (exact) mass is 365 g/mol. The van der Waals surface area contributed by atoms with Gasteiger partial charge in [-0.25, -0.2) is 0 Å². The molecule has 0 heterocycles. The topological polar surface area (TPSA) is 29.1 Å². The molecule has 21 heavy (non-hydrogen) atoms. The molecule has 0 spiro atoms. The molecule has 0 saturated heterocycles. The summed E-state index contributed by atoms with van der Waals surface area (Å²) in [6, 6.07) is 13.0. The summed E-state index contributed by atoms with van der Waals surface area (Å²) in [6.45, 7) is 6.48. The Morgan fingerprint density at radius 1 is 1.10 bits per heavy atom. The highest BCUT2D eigenvalue weighted by Crippen LogP contribution is 2.25. The van der Waals surface area contributed by atoms with Gasteiger partial charge >= 0.3 is 0 Å². The lowest BCUT2D eigenvalue weighted by Crippen LogP contribution is -2.13. The highest BCUT2D eigenvalue weighted by Gasteiger charge is 2.13. The van der Waals surface area contributed by atoms with Gasteiger partial charge in [-0.05, 0) is 57.2 Å². The number of hydrogen-bond donors (Lipinski definition) is 1. The van der Waals surface area contributed by atoms with Crippen LogP contribution in [0.2, 0.25) is 5.02 Å². The molecule has 0 bridgehead atoms. The molecule has 0 aliphatic heterocycles. The van der Waals surface area contributed by atoms with Gasteiger partial charge in [0, 0.05) is 15.7 Å². The molecule has 0 aromatic heterocycles. The van der Waals surface area contributed by atoms with Crippen LogP contribution in [-0.4, -0.2) is 5.91 Å². The number of halogens is 2. The summed E-state index contributed by atoms with van der Waals surface area (Å²) in [4.78, 5) is 12.2. The number of benzene rings is 2. The summed E-state index contributed by atoms with van der Waals surface area (Å²) in [6.07, 6.45) is 0. The van der Waals surface area contributed by atoms with E-state index < -0.39 is 0 Å². The minimum atomic E-state index is -0.157. The van der Waals surface area contributed by atoms with E-state index in [1.807, 2.05) is 24.3 Å². The van der Waals surface area contributed by atoms with Crippen LogP contribution in [0.25, 0.3) is 0 Å². The zero-order chi connectivity index (χ0) is 15.6. The molecule has 1 N–H and O–H groups in total. The van der Waals surface area contributed by atoms with Crippen molar-refractivity contribution in [3.8, 4) is 0 Å². The van der Waals surface area contributed by atoms with Crippen LogP contribution in [0.3, 0.4) is 0 Å². The van der Waals surface area contributed by atoms with Gasteiger partial charge < -0.3 is 5.32 Å². The summed E-state index contributed by atoms with van der Waals surface area (Å²) < 4.78 is 0.708. The van der Waals surface area contributed by atoms with E-state index in [-0.39, 0.29) is 11.3 Å². The Hall–Kier alpha value is -1.32. The second kappa shape index (κ2) is 6.20. The highest BCUT2D eigenvalue weighted by molar-refractivity contribution is 9.10. The van der Waals surface area contributed by atoms with Crippen LogP contribution in [-0.2, 0) is 5.41 Å². The largest absolute Gasteiger partial charge is 0.322 e. The first-order valence-electron chi connectivity index (χ1n) is 6.64. The number of carbonyl (C=O) groups excluding carboxylic acids is 1. The highest BCUT2D eigenvalue weighted by atomic mass is 79.9. The van der Waals surface area contributed by atoms with Gasteiger partial charge in [-0.2, -0.15) is 0 Å². The van der Waals surface area contributed by atoms with Crippen molar-refractivity contribution in [1.29, 1.82) is 0 Å². The number of carbonyl (C=O) groups is 1. The van der Waals surface area contributed by atoms with Crippen LogP contribution < -0.4 is 5.32 Å². The Morgan fingerprint density at radius 3 is 2.24 bits per heavy atom. The lowest BCUT2D eigenvalue weighted by atomic mass is 9.87. The second-order valence-electron chi connectivity index (χ2n) is 5.91. The molecule has 0 aliphatic rings. The fraction of sp³-hybridized carbons (Fsp3) is 0.235. The quantitative estimate of drug-likeness (QED) is 0.731. The summed E-state index contributed by atoms with van der Waals surface area (Å²) in [7, 11) is 0. The van der Waals surface area contributed by atoms with Crippen molar-refractivity contribution in [2.24, 2.45) is 0 Å². The van der Waals surface area contributed by atoms with Crippen molar-refractivity contribution in [2.75, 3.05) is 5.32 Å². The number of nitrogens with one attached hydrogen (secondary N) is 1. The van der Waals surface area contributed by atoms with Crippen LogP contribution >= 0.6 is 27.5 Å². The van der Waals surface area contributed by atoms with E-state index in [1.54, 1.807) is 18.2 Å². The summed E-state index contributed by atoms with van der Waals surface area (Å²) in [5.41, 5.74) is 2.67. The second-order valence-corrected chi connectivity index (χ2v) is 7.17. The molecule has 2 rings (SSSR count). The van der Waals surface area contributed by atoms with Crippen LogP contribution in [0, 0.1) is 0 Å². The Balaban J connectivity index is 2.14. The van der Waals surface area contributed by atoms with E-state index in [0.717, 1.165) is 5.69 Å². The molecule has 0 unspecified atom stereocenters. The van der Waals surface area contributed by atoms with Gasteiger partial charge in [-0.15, -0.1) is 0 Å². The first kappa shape index (κ1) is 16.1. The lowest BCUT2D eigenvalue weighted by molar-refractivity contribution is 0.102. The van der Waals surface area contributed by atoms with Crippen molar-refractivity contribution in [2.45, 2.75) is 26.2 Å². The van der Waals surface area contributed by atoms with Gasteiger partial charge in [0.15, 0.2) is 0 Å². The molecule has 0 radical (unpaired) electrons. The molecule has 2 aromatic rings. The Labute approximate surface area is 138 Å². The van der Waals surface area contributed by atoms with Crippen molar-refractivity contribution >= 4 is 39.1 Å². The van der Waals surface area contributed by atoms with Crippen molar-refractivity contribution in [1.82, 2.24) is 0 Å². The maximum absolute atomic E-state index is 12.2. The lowest BCUT2D eigenvalue weighted by Gasteiger charge is -2.19. The molecule has 0 fully saturated rings. The van der Waals surface area contributed by atoms with Crippen molar-refractivity contribution in [3.63, 3.8) is 0 Å². The fourth-order valence-electron chi connectivity index (χ4n) is 1.89. The number of anilines is 1. The number of rotatable bonds is 2. The van der Waals surface area contributed by atoms with Gasteiger partial charge in [0.25, 0.3) is 5.91 Å². The predicted molar refractivity (Wildman–Crippen MR) is 92.2 cm³/mol.